The van der Waals surface area contributed by atoms with Gasteiger partial charge < -0.3 is 10.1 Å². The number of hydrogen-bond acceptors (Lipinski definition) is 3. The fraction of sp³-hybridized carbons (Fsp3) is 0.429. The minimum Gasteiger partial charge on any atom is -0.452 e. The molecule has 1 atom stereocenters. The highest BCUT2D eigenvalue weighted by Crippen LogP contribution is 2.18. The fourth-order valence-electron chi connectivity index (χ4n) is 1.61. The highest BCUT2D eigenvalue weighted by molar-refractivity contribution is 5.84. The molecule has 1 N–H and O–H groups in total. The molecular formula is C14H16FNO3. The Balaban J connectivity index is 1.79. The summed E-state index contributed by atoms with van der Waals surface area (Å²) in [5, 5.41) is 2.76. The molecule has 1 aromatic carbocycles. The quantitative estimate of drug-likeness (QED) is 0.822. The first-order valence-corrected chi connectivity index (χ1v) is 6.29. The number of hydrogen-bond donors (Lipinski definition) is 1. The maximum Gasteiger partial charge on any atom is 0.311 e. The third-order valence-corrected chi connectivity index (χ3v) is 2.86. The van der Waals surface area contributed by atoms with E-state index in [1.165, 1.54) is 24.3 Å². The topological polar surface area (TPSA) is 55.4 Å². The van der Waals surface area contributed by atoms with E-state index in [2.05, 4.69) is 5.32 Å². The lowest BCUT2D eigenvalue weighted by molar-refractivity contribution is -0.154. The maximum absolute atomic E-state index is 12.7. The largest absolute Gasteiger partial charge is 0.452 e. The van der Waals surface area contributed by atoms with Gasteiger partial charge in [0.1, 0.15) is 5.82 Å². The molecule has 0 aliphatic heterocycles. The van der Waals surface area contributed by atoms with E-state index < -0.39 is 12.1 Å². The summed E-state index contributed by atoms with van der Waals surface area (Å²) in [6.45, 7) is 1.54. The van der Waals surface area contributed by atoms with Crippen LogP contribution in [0.25, 0.3) is 0 Å². The number of carbonyl (C=O) groups is 2. The van der Waals surface area contributed by atoms with Gasteiger partial charge in [0.2, 0.25) is 0 Å². The number of halogens is 1. The van der Waals surface area contributed by atoms with Crippen LogP contribution in [0, 0.1) is 5.82 Å². The summed E-state index contributed by atoms with van der Waals surface area (Å²) >= 11 is 0. The van der Waals surface area contributed by atoms with Gasteiger partial charge in [-0.2, -0.15) is 0 Å². The molecule has 0 radical (unpaired) electrons. The van der Waals surface area contributed by atoms with Crippen LogP contribution >= 0.6 is 0 Å². The lowest BCUT2D eigenvalue weighted by atomic mass is 10.1. The molecule has 0 aromatic heterocycles. The number of esters is 1. The van der Waals surface area contributed by atoms with Gasteiger partial charge in [0.25, 0.3) is 5.91 Å². The first-order valence-electron chi connectivity index (χ1n) is 6.29. The lowest BCUT2D eigenvalue weighted by Crippen LogP contribution is -2.37. The summed E-state index contributed by atoms with van der Waals surface area (Å²) in [6, 6.07) is 5.85. The zero-order chi connectivity index (χ0) is 13.8. The SMILES string of the molecule is C[C@@H](OC(=O)Cc1ccc(F)cc1)C(=O)NC1CC1. The molecular weight excluding hydrogens is 249 g/mol. The van der Waals surface area contributed by atoms with Gasteiger partial charge in [-0.1, -0.05) is 12.1 Å². The average molecular weight is 265 g/mol. The van der Waals surface area contributed by atoms with Crippen molar-refractivity contribution in [1.82, 2.24) is 5.32 Å². The monoisotopic (exact) mass is 265 g/mol. The Bertz CT molecular complexity index is 468. The molecule has 1 fully saturated rings. The van der Waals surface area contributed by atoms with Gasteiger partial charge in [-0.15, -0.1) is 0 Å². The van der Waals surface area contributed by atoms with Crippen LogP contribution in [-0.2, 0) is 20.7 Å². The zero-order valence-electron chi connectivity index (χ0n) is 10.7. The highest BCUT2D eigenvalue weighted by atomic mass is 19.1. The summed E-state index contributed by atoms with van der Waals surface area (Å²) in [5.41, 5.74) is 0.654. The van der Waals surface area contributed by atoms with Crippen LogP contribution in [0.2, 0.25) is 0 Å². The summed E-state index contributed by atoms with van der Waals surface area (Å²) < 4.78 is 17.7. The molecule has 0 heterocycles. The van der Waals surface area contributed by atoms with Crippen LogP contribution in [0.5, 0.6) is 0 Å². The smallest absolute Gasteiger partial charge is 0.311 e. The van der Waals surface area contributed by atoms with Gasteiger partial charge in [0.05, 0.1) is 6.42 Å². The first-order chi connectivity index (χ1) is 9.04. The number of benzene rings is 1. The number of rotatable bonds is 5. The van der Waals surface area contributed by atoms with Gasteiger partial charge >= 0.3 is 5.97 Å². The Labute approximate surface area is 110 Å². The van der Waals surface area contributed by atoms with Gasteiger partial charge in [-0.3, -0.25) is 9.59 Å². The van der Waals surface area contributed by atoms with E-state index in [9.17, 15) is 14.0 Å². The van der Waals surface area contributed by atoms with Crippen molar-refractivity contribution in [2.45, 2.75) is 38.3 Å². The van der Waals surface area contributed by atoms with Crippen LogP contribution < -0.4 is 5.32 Å². The number of ether oxygens (including phenoxy) is 1. The number of nitrogens with one attached hydrogen (secondary N) is 1. The van der Waals surface area contributed by atoms with Gasteiger partial charge in [0, 0.05) is 6.04 Å². The van der Waals surface area contributed by atoms with E-state index in [0.717, 1.165) is 12.8 Å². The third-order valence-electron chi connectivity index (χ3n) is 2.86. The standard InChI is InChI=1S/C14H16FNO3/c1-9(14(18)16-12-6-7-12)19-13(17)8-10-2-4-11(15)5-3-10/h2-5,9,12H,6-8H2,1H3,(H,16,18)/t9-/m1/s1. The van der Waals surface area contributed by atoms with Crippen molar-refractivity contribution in [3.63, 3.8) is 0 Å². The van der Waals surface area contributed by atoms with Gasteiger partial charge in [0.15, 0.2) is 6.10 Å². The summed E-state index contributed by atoms with van der Waals surface area (Å²) in [7, 11) is 0. The van der Waals surface area contributed by atoms with E-state index in [-0.39, 0.29) is 24.2 Å². The summed E-state index contributed by atoms with van der Waals surface area (Å²) in [5.74, 6) is -1.12. The average Bonchev–Trinajstić information content (AvgIpc) is 3.16. The molecule has 0 spiro atoms. The molecule has 1 aliphatic rings. The Hall–Kier alpha value is -1.91. The molecule has 0 bridgehead atoms. The van der Waals surface area contributed by atoms with Crippen molar-refractivity contribution in [3.8, 4) is 0 Å². The van der Waals surface area contributed by atoms with Crippen molar-refractivity contribution in [3.05, 3.63) is 35.6 Å². The Morgan fingerprint density at radius 2 is 2.00 bits per heavy atom. The van der Waals surface area contributed by atoms with E-state index in [1.54, 1.807) is 6.92 Å². The summed E-state index contributed by atoms with van der Waals surface area (Å²) in [4.78, 5) is 23.2. The van der Waals surface area contributed by atoms with E-state index >= 15 is 0 Å². The minimum absolute atomic E-state index is 0.0291. The Morgan fingerprint density at radius 3 is 2.58 bits per heavy atom. The van der Waals surface area contributed by atoms with Crippen LogP contribution in [0.1, 0.15) is 25.3 Å². The van der Waals surface area contributed by atoms with Crippen molar-refractivity contribution < 1.29 is 18.7 Å². The second-order valence-corrected chi connectivity index (χ2v) is 4.72. The van der Waals surface area contributed by atoms with Gasteiger partial charge in [-0.05, 0) is 37.5 Å². The highest BCUT2D eigenvalue weighted by Gasteiger charge is 2.27. The van der Waals surface area contributed by atoms with Crippen LogP contribution in [0.4, 0.5) is 4.39 Å². The second kappa shape index (κ2) is 5.82. The van der Waals surface area contributed by atoms with Crippen molar-refractivity contribution in [1.29, 1.82) is 0 Å². The van der Waals surface area contributed by atoms with Gasteiger partial charge in [-0.25, -0.2) is 4.39 Å². The molecule has 1 amide bonds. The molecule has 4 nitrogen and oxygen atoms in total. The second-order valence-electron chi connectivity index (χ2n) is 4.72. The molecule has 1 aromatic rings. The lowest BCUT2D eigenvalue weighted by Gasteiger charge is -2.13. The normalized spacial score (nSPS) is 15.7. The van der Waals surface area contributed by atoms with E-state index in [0.29, 0.717) is 5.56 Å². The fourth-order valence-corrected chi connectivity index (χ4v) is 1.61. The maximum atomic E-state index is 12.7. The predicted molar refractivity (Wildman–Crippen MR) is 66.8 cm³/mol. The Morgan fingerprint density at radius 1 is 1.37 bits per heavy atom. The third kappa shape index (κ3) is 4.35. The Kier molecular flexibility index (Phi) is 4.14. The molecule has 102 valence electrons. The van der Waals surface area contributed by atoms with Crippen LogP contribution in [-0.4, -0.2) is 24.0 Å². The van der Waals surface area contributed by atoms with Crippen LogP contribution in [0.15, 0.2) is 24.3 Å². The number of carbonyl (C=O) groups excluding carboxylic acids is 2. The summed E-state index contributed by atoms with van der Waals surface area (Å²) in [6.07, 6.45) is 1.21. The molecule has 19 heavy (non-hydrogen) atoms. The van der Waals surface area contributed by atoms with Crippen molar-refractivity contribution >= 4 is 11.9 Å². The predicted octanol–water partition coefficient (Wildman–Crippen LogP) is 1.58. The molecule has 2 rings (SSSR count). The minimum atomic E-state index is -0.798. The molecule has 0 saturated heterocycles. The molecule has 0 unspecified atom stereocenters. The van der Waals surface area contributed by atoms with E-state index in [1.807, 2.05) is 0 Å². The van der Waals surface area contributed by atoms with Crippen molar-refractivity contribution in [2.24, 2.45) is 0 Å². The molecule has 5 heteroatoms. The number of amides is 1. The van der Waals surface area contributed by atoms with Crippen molar-refractivity contribution in [2.75, 3.05) is 0 Å². The first kappa shape index (κ1) is 13.5. The molecule has 1 aliphatic carbocycles. The zero-order valence-corrected chi connectivity index (χ0v) is 10.7. The molecule has 1 saturated carbocycles. The van der Waals surface area contributed by atoms with Crippen LogP contribution in [0.3, 0.4) is 0 Å². The van der Waals surface area contributed by atoms with E-state index in [4.69, 9.17) is 4.74 Å².